The molecule has 4 fully saturated rings. The van der Waals surface area contributed by atoms with Gasteiger partial charge in [-0.25, -0.2) is 0 Å². The maximum Gasteiger partial charge on any atom is 0.314 e. The number of rotatable bonds is 4. The number of allylic oxidation sites excluding steroid dienone is 1. The lowest BCUT2D eigenvalue weighted by atomic mass is 9.32. The molecule has 0 saturated heterocycles. The number of esters is 3. The Labute approximate surface area is 263 Å². The first-order chi connectivity index (χ1) is 20.2. The zero-order valence-electron chi connectivity index (χ0n) is 28.5. The molecule has 0 aromatic carbocycles. The third-order valence-electron chi connectivity index (χ3n) is 14.0. The SMILES string of the molecule is CC(=O)OC1CCC2(C)C(CCC3(C)C2CC=C2C4CC(C)(C)CCC4(C(=O)O)C(OC(C)=O)C(OC(C)=O)C23C)C1(C)C. The van der Waals surface area contributed by atoms with Crippen LogP contribution in [0.4, 0.5) is 0 Å². The topological polar surface area (TPSA) is 116 Å². The smallest absolute Gasteiger partial charge is 0.314 e. The Kier molecular flexibility index (Phi) is 7.74. The van der Waals surface area contributed by atoms with Crippen LogP contribution in [0.1, 0.15) is 121 Å². The number of hydrogen-bond acceptors (Lipinski definition) is 7. The van der Waals surface area contributed by atoms with E-state index in [9.17, 15) is 24.3 Å². The predicted molar refractivity (Wildman–Crippen MR) is 164 cm³/mol. The average Bonchev–Trinajstić information content (AvgIpc) is 2.87. The molecular formula is C36H54O8. The fourth-order valence-corrected chi connectivity index (χ4v) is 11.8. The molecule has 8 nitrogen and oxygen atoms in total. The molecule has 10 atom stereocenters. The Hall–Kier alpha value is -2.38. The summed E-state index contributed by atoms with van der Waals surface area (Å²) in [7, 11) is 0. The molecule has 0 aromatic heterocycles. The van der Waals surface area contributed by atoms with Crippen LogP contribution in [0.3, 0.4) is 0 Å². The third kappa shape index (κ3) is 4.42. The number of carboxylic acids is 1. The van der Waals surface area contributed by atoms with E-state index in [1.54, 1.807) is 0 Å². The molecule has 44 heavy (non-hydrogen) atoms. The van der Waals surface area contributed by atoms with E-state index in [4.69, 9.17) is 14.2 Å². The predicted octanol–water partition coefficient (Wildman–Crippen LogP) is 6.89. The van der Waals surface area contributed by atoms with Gasteiger partial charge in [0, 0.05) is 37.5 Å². The molecule has 0 aromatic rings. The monoisotopic (exact) mass is 614 g/mol. The van der Waals surface area contributed by atoms with E-state index >= 15 is 0 Å². The van der Waals surface area contributed by atoms with E-state index < -0.39 is 40.9 Å². The van der Waals surface area contributed by atoms with Crippen LogP contribution in [-0.4, -0.2) is 47.3 Å². The Morgan fingerprint density at radius 3 is 1.91 bits per heavy atom. The summed E-state index contributed by atoms with van der Waals surface area (Å²) in [6, 6.07) is 0. The fourth-order valence-electron chi connectivity index (χ4n) is 11.8. The summed E-state index contributed by atoms with van der Waals surface area (Å²) < 4.78 is 18.2. The number of carboxylic acid groups (broad SMARTS) is 1. The fraction of sp³-hybridized carbons (Fsp3) is 0.833. The Morgan fingerprint density at radius 2 is 1.34 bits per heavy atom. The van der Waals surface area contributed by atoms with E-state index in [1.165, 1.54) is 20.8 Å². The van der Waals surface area contributed by atoms with Crippen molar-refractivity contribution >= 4 is 23.9 Å². The Morgan fingerprint density at radius 1 is 0.750 bits per heavy atom. The molecule has 0 radical (unpaired) electrons. The van der Waals surface area contributed by atoms with Crippen LogP contribution < -0.4 is 0 Å². The summed E-state index contributed by atoms with van der Waals surface area (Å²) >= 11 is 0. The van der Waals surface area contributed by atoms with Crippen molar-refractivity contribution in [3.8, 4) is 0 Å². The van der Waals surface area contributed by atoms with Gasteiger partial charge < -0.3 is 19.3 Å². The van der Waals surface area contributed by atoms with E-state index in [2.05, 4.69) is 54.5 Å². The minimum Gasteiger partial charge on any atom is -0.481 e. The van der Waals surface area contributed by atoms with Crippen molar-refractivity contribution in [3.63, 3.8) is 0 Å². The van der Waals surface area contributed by atoms with Gasteiger partial charge in [0.05, 0.1) is 0 Å². The van der Waals surface area contributed by atoms with Crippen molar-refractivity contribution in [1.29, 1.82) is 0 Å². The summed E-state index contributed by atoms with van der Waals surface area (Å²) in [4.78, 5) is 51.2. The van der Waals surface area contributed by atoms with Gasteiger partial charge in [0.1, 0.15) is 17.6 Å². The van der Waals surface area contributed by atoms with Crippen LogP contribution in [0.25, 0.3) is 0 Å². The summed E-state index contributed by atoms with van der Waals surface area (Å²) in [6.07, 6.45) is 6.00. The summed E-state index contributed by atoms with van der Waals surface area (Å²) in [5, 5.41) is 11.0. The van der Waals surface area contributed by atoms with Gasteiger partial charge in [0.25, 0.3) is 0 Å². The van der Waals surface area contributed by atoms with Crippen LogP contribution in [0.15, 0.2) is 11.6 Å². The molecule has 0 spiro atoms. The number of hydrogen-bond donors (Lipinski definition) is 1. The van der Waals surface area contributed by atoms with Crippen LogP contribution in [0.5, 0.6) is 0 Å². The quantitative estimate of drug-likeness (QED) is 0.207. The molecule has 10 unspecified atom stereocenters. The molecule has 1 N–H and O–H groups in total. The van der Waals surface area contributed by atoms with E-state index in [0.717, 1.165) is 37.7 Å². The van der Waals surface area contributed by atoms with Gasteiger partial charge in [-0.15, -0.1) is 0 Å². The maximum atomic E-state index is 13.5. The van der Waals surface area contributed by atoms with Gasteiger partial charge in [-0.1, -0.05) is 60.1 Å². The summed E-state index contributed by atoms with van der Waals surface area (Å²) in [5.41, 5.74) is -1.87. The summed E-state index contributed by atoms with van der Waals surface area (Å²) in [6.45, 7) is 19.9. The molecule has 4 saturated carbocycles. The van der Waals surface area contributed by atoms with Crippen LogP contribution in [-0.2, 0) is 33.4 Å². The molecule has 5 aliphatic carbocycles. The van der Waals surface area contributed by atoms with E-state index in [-0.39, 0.29) is 45.6 Å². The Balaban J connectivity index is 1.72. The standard InChI is InChI=1S/C36H54O8/c1-20(37)42-27-14-15-33(8)25(32(27,6)7)13-16-34(9)26(33)12-11-23-24-19-31(4,5)17-18-36(24,30(40)41)29(44-22(3)39)28(35(23,34)10)43-21(2)38/h11,24-29H,12-19H2,1-10H3,(H,40,41). The van der Waals surface area contributed by atoms with Gasteiger partial charge in [0.2, 0.25) is 0 Å². The van der Waals surface area contributed by atoms with Crippen molar-refractivity contribution in [1.82, 2.24) is 0 Å². The van der Waals surface area contributed by atoms with Crippen molar-refractivity contribution in [2.45, 2.75) is 139 Å². The van der Waals surface area contributed by atoms with Gasteiger partial charge in [-0.05, 0) is 79.4 Å². The number of ether oxygens (including phenoxy) is 3. The lowest BCUT2D eigenvalue weighted by Gasteiger charge is -2.72. The second-order valence-corrected chi connectivity index (χ2v) is 16.9. The van der Waals surface area contributed by atoms with Gasteiger partial charge in [0.15, 0.2) is 6.10 Å². The van der Waals surface area contributed by atoms with Crippen molar-refractivity contribution in [3.05, 3.63) is 11.6 Å². The van der Waals surface area contributed by atoms with Crippen LogP contribution >= 0.6 is 0 Å². The molecule has 8 heteroatoms. The first-order valence-corrected chi connectivity index (χ1v) is 16.6. The van der Waals surface area contributed by atoms with E-state index in [0.29, 0.717) is 25.2 Å². The van der Waals surface area contributed by atoms with Gasteiger partial charge in [-0.2, -0.15) is 0 Å². The highest BCUT2D eigenvalue weighted by atomic mass is 16.6. The second-order valence-electron chi connectivity index (χ2n) is 16.9. The number of fused-ring (bicyclic) bond motifs is 7. The van der Waals surface area contributed by atoms with Crippen molar-refractivity contribution in [2.75, 3.05) is 0 Å². The third-order valence-corrected chi connectivity index (χ3v) is 14.0. The molecule has 0 bridgehead atoms. The highest BCUT2D eigenvalue weighted by Gasteiger charge is 2.76. The first-order valence-electron chi connectivity index (χ1n) is 16.6. The zero-order valence-corrected chi connectivity index (χ0v) is 28.5. The maximum absolute atomic E-state index is 13.5. The van der Waals surface area contributed by atoms with E-state index in [1.807, 2.05) is 0 Å². The minimum absolute atomic E-state index is 0.0942. The number of carbonyl (C=O) groups excluding carboxylic acids is 3. The van der Waals surface area contributed by atoms with Crippen molar-refractivity contribution in [2.24, 2.45) is 50.2 Å². The second kappa shape index (κ2) is 10.3. The normalized spacial score (nSPS) is 45.2. The van der Waals surface area contributed by atoms with Crippen molar-refractivity contribution < 1.29 is 38.5 Å². The molecule has 0 aliphatic heterocycles. The van der Waals surface area contributed by atoms with Crippen LogP contribution in [0.2, 0.25) is 0 Å². The largest absolute Gasteiger partial charge is 0.481 e. The highest BCUT2D eigenvalue weighted by Crippen LogP contribution is 2.76. The Bertz CT molecular complexity index is 1280. The average molecular weight is 615 g/mol. The molecule has 0 heterocycles. The highest BCUT2D eigenvalue weighted by molar-refractivity contribution is 5.79. The lowest BCUT2D eigenvalue weighted by Crippen LogP contribution is -2.73. The first kappa shape index (κ1) is 33.0. The molecule has 246 valence electrons. The number of aliphatic carboxylic acids is 1. The van der Waals surface area contributed by atoms with Gasteiger partial charge >= 0.3 is 23.9 Å². The number of carbonyl (C=O) groups is 4. The van der Waals surface area contributed by atoms with Crippen LogP contribution in [0, 0.1) is 50.2 Å². The zero-order chi connectivity index (χ0) is 32.8. The summed E-state index contributed by atoms with van der Waals surface area (Å²) in [5.74, 6) is -2.16. The molecule has 5 aliphatic rings. The van der Waals surface area contributed by atoms with Gasteiger partial charge in [-0.3, -0.25) is 19.2 Å². The minimum atomic E-state index is -1.39. The molecule has 0 amide bonds. The molecular weight excluding hydrogens is 560 g/mol. The lowest BCUT2D eigenvalue weighted by molar-refractivity contribution is -0.261. The molecule has 5 rings (SSSR count).